The monoisotopic (exact) mass is 254 g/mol. The molecule has 0 aliphatic carbocycles. The highest BCUT2D eigenvalue weighted by Gasteiger charge is 2.34. The lowest BCUT2D eigenvalue weighted by atomic mass is 10.4. The summed E-state index contributed by atoms with van der Waals surface area (Å²) in [5, 5.41) is 8.95. The quantitative estimate of drug-likeness (QED) is 0.715. The average molecular weight is 254 g/mol. The van der Waals surface area contributed by atoms with Crippen LogP contribution in [-0.4, -0.2) is 41.1 Å². The maximum Gasteiger partial charge on any atom is 0.332 e. The van der Waals surface area contributed by atoms with Crippen LogP contribution in [0.5, 0.6) is 0 Å². The molecule has 7 heteroatoms. The van der Waals surface area contributed by atoms with E-state index >= 15 is 0 Å². The van der Waals surface area contributed by atoms with E-state index in [2.05, 4.69) is 0 Å². The summed E-state index contributed by atoms with van der Waals surface area (Å²) in [5.74, 6) is 0.620. The summed E-state index contributed by atoms with van der Waals surface area (Å²) in [6.45, 7) is 1.74. The molecule has 0 saturated carbocycles. The number of nitrogens with zero attached hydrogens (tertiary/aromatic N) is 4. The summed E-state index contributed by atoms with van der Waals surface area (Å²) in [6.07, 6.45) is 0.0169. The van der Waals surface area contributed by atoms with E-state index in [0.717, 1.165) is 4.57 Å². The van der Waals surface area contributed by atoms with Crippen LogP contribution in [0.2, 0.25) is 0 Å². The molecule has 1 aromatic heterocycles. The van der Waals surface area contributed by atoms with Gasteiger partial charge in [0.15, 0.2) is 0 Å². The second-order valence-electron chi connectivity index (χ2n) is 4.55. The Balaban J connectivity index is 2.81. The Morgan fingerprint density at radius 2 is 1.78 bits per heavy atom. The lowest BCUT2D eigenvalue weighted by Crippen LogP contribution is -2.41. The van der Waals surface area contributed by atoms with Crippen molar-refractivity contribution in [2.45, 2.75) is 19.6 Å². The first-order valence-electron chi connectivity index (χ1n) is 5.82. The van der Waals surface area contributed by atoms with Gasteiger partial charge in [0.2, 0.25) is 0 Å². The van der Waals surface area contributed by atoms with Crippen molar-refractivity contribution in [3.8, 4) is 0 Å². The highest BCUT2D eigenvalue weighted by molar-refractivity contribution is 5.72. The van der Waals surface area contributed by atoms with Crippen LogP contribution >= 0.6 is 0 Å². The minimum atomic E-state index is -0.401. The molecule has 1 unspecified atom stereocenters. The van der Waals surface area contributed by atoms with Gasteiger partial charge < -0.3 is 14.9 Å². The zero-order valence-corrected chi connectivity index (χ0v) is 11.0. The maximum absolute atomic E-state index is 12.3. The molecule has 2 rings (SSSR count). The molecule has 0 radical (unpaired) electrons. The molecule has 0 amide bonds. The number of fused-ring (bicyclic) bond motifs is 1. The van der Waals surface area contributed by atoms with Crippen LogP contribution in [0.3, 0.4) is 0 Å². The zero-order valence-electron chi connectivity index (χ0n) is 11.0. The predicted octanol–water partition coefficient (Wildman–Crippen LogP) is -1.23. The van der Waals surface area contributed by atoms with E-state index in [1.807, 2.05) is 30.8 Å². The molecule has 0 saturated heterocycles. The van der Waals surface area contributed by atoms with Crippen molar-refractivity contribution in [3.05, 3.63) is 20.8 Å². The van der Waals surface area contributed by atoms with E-state index in [1.165, 1.54) is 4.57 Å². The van der Waals surface area contributed by atoms with E-state index < -0.39 is 5.69 Å². The number of aliphatic hydroxyl groups is 1. The van der Waals surface area contributed by atoms with Crippen molar-refractivity contribution < 1.29 is 5.11 Å². The van der Waals surface area contributed by atoms with Crippen molar-refractivity contribution in [2.24, 2.45) is 7.05 Å². The number of aliphatic hydroxyl groups excluding tert-OH is 1. The number of hydrogen-bond donors (Lipinski definition) is 1. The van der Waals surface area contributed by atoms with Gasteiger partial charge in [0.05, 0.1) is 19.3 Å². The summed E-state index contributed by atoms with van der Waals surface area (Å²) in [5.41, 5.74) is -0.247. The molecule has 100 valence electrons. The molecule has 0 fully saturated rings. The smallest absolute Gasteiger partial charge is 0.332 e. The Morgan fingerprint density at radius 3 is 2.33 bits per heavy atom. The first kappa shape index (κ1) is 12.7. The van der Waals surface area contributed by atoms with Gasteiger partial charge >= 0.3 is 5.69 Å². The molecule has 1 aromatic rings. The van der Waals surface area contributed by atoms with Gasteiger partial charge in [0, 0.05) is 21.1 Å². The third kappa shape index (κ3) is 1.47. The first-order valence-corrected chi connectivity index (χ1v) is 5.82. The second-order valence-corrected chi connectivity index (χ2v) is 4.55. The molecule has 1 N–H and O–H groups in total. The van der Waals surface area contributed by atoms with E-state index in [-0.39, 0.29) is 24.9 Å². The standard InChI is InChI=1S/C11H18N4O3/c1-7-12(2)8-9(13(7)3)14(4)11(18)15(5-6-16)10(8)17/h7,16H,5-6H2,1-4H3. The molecule has 1 aliphatic heterocycles. The van der Waals surface area contributed by atoms with Gasteiger partial charge in [-0.2, -0.15) is 0 Å². The predicted molar refractivity (Wildman–Crippen MR) is 69.3 cm³/mol. The molecule has 2 heterocycles. The Hall–Kier alpha value is -1.76. The van der Waals surface area contributed by atoms with Crippen molar-refractivity contribution >= 4 is 11.5 Å². The van der Waals surface area contributed by atoms with E-state index in [0.29, 0.717) is 11.5 Å². The summed E-state index contributed by atoms with van der Waals surface area (Å²) < 4.78 is 2.52. The van der Waals surface area contributed by atoms with Gasteiger partial charge in [0.25, 0.3) is 5.56 Å². The van der Waals surface area contributed by atoms with Crippen molar-refractivity contribution in [1.29, 1.82) is 0 Å². The SMILES string of the molecule is CC1N(C)c2c(n(C)c(=O)n(CCO)c2=O)N1C. The van der Waals surface area contributed by atoms with Crippen LogP contribution in [0, 0.1) is 0 Å². The minimum absolute atomic E-state index is 0.0169. The second kappa shape index (κ2) is 4.16. The summed E-state index contributed by atoms with van der Waals surface area (Å²) in [7, 11) is 5.31. The van der Waals surface area contributed by atoms with Crippen LogP contribution in [0.4, 0.5) is 11.5 Å². The Morgan fingerprint density at radius 1 is 1.17 bits per heavy atom. The number of anilines is 2. The van der Waals surface area contributed by atoms with Crippen LogP contribution in [0.15, 0.2) is 9.59 Å². The molecule has 18 heavy (non-hydrogen) atoms. The summed E-state index contributed by atoms with van der Waals surface area (Å²) in [6, 6.07) is 0. The van der Waals surface area contributed by atoms with Crippen molar-refractivity contribution in [1.82, 2.24) is 9.13 Å². The van der Waals surface area contributed by atoms with Gasteiger partial charge in [-0.1, -0.05) is 0 Å². The molecular weight excluding hydrogens is 236 g/mol. The summed E-state index contributed by atoms with van der Waals surface area (Å²) in [4.78, 5) is 28.1. The lowest BCUT2D eigenvalue weighted by Gasteiger charge is -2.22. The van der Waals surface area contributed by atoms with Crippen LogP contribution in [-0.2, 0) is 13.6 Å². The van der Waals surface area contributed by atoms with Gasteiger partial charge in [0.1, 0.15) is 11.5 Å². The van der Waals surface area contributed by atoms with E-state index in [4.69, 9.17) is 5.11 Å². The number of aromatic nitrogens is 2. The van der Waals surface area contributed by atoms with Crippen LogP contribution in [0.1, 0.15) is 6.92 Å². The fraction of sp³-hybridized carbons (Fsp3) is 0.636. The maximum atomic E-state index is 12.3. The third-order valence-corrected chi connectivity index (χ3v) is 3.63. The topological polar surface area (TPSA) is 70.7 Å². The van der Waals surface area contributed by atoms with Gasteiger partial charge in [-0.15, -0.1) is 0 Å². The van der Waals surface area contributed by atoms with E-state index in [9.17, 15) is 9.59 Å². The summed E-state index contributed by atoms with van der Waals surface area (Å²) >= 11 is 0. The molecule has 0 bridgehead atoms. The van der Waals surface area contributed by atoms with Gasteiger partial charge in [-0.3, -0.25) is 13.9 Å². The fourth-order valence-corrected chi connectivity index (χ4v) is 2.37. The zero-order chi connectivity index (χ0) is 13.6. The van der Waals surface area contributed by atoms with Crippen molar-refractivity contribution in [2.75, 3.05) is 30.5 Å². The largest absolute Gasteiger partial charge is 0.395 e. The normalized spacial score (nSPS) is 18.4. The lowest BCUT2D eigenvalue weighted by molar-refractivity contribution is 0.270. The highest BCUT2D eigenvalue weighted by atomic mass is 16.3. The minimum Gasteiger partial charge on any atom is -0.395 e. The Bertz CT molecular complexity index is 589. The Kier molecular flexibility index (Phi) is 2.94. The van der Waals surface area contributed by atoms with Gasteiger partial charge in [-0.05, 0) is 6.92 Å². The molecule has 0 aromatic carbocycles. The van der Waals surface area contributed by atoms with Crippen molar-refractivity contribution in [3.63, 3.8) is 0 Å². The van der Waals surface area contributed by atoms with Crippen LogP contribution in [0.25, 0.3) is 0 Å². The molecular formula is C11H18N4O3. The van der Waals surface area contributed by atoms with Gasteiger partial charge in [-0.25, -0.2) is 4.79 Å². The molecule has 7 nitrogen and oxygen atoms in total. The highest BCUT2D eigenvalue weighted by Crippen LogP contribution is 2.32. The number of hydrogen-bond acceptors (Lipinski definition) is 5. The molecule has 1 atom stereocenters. The molecule has 1 aliphatic rings. The molecule has 0 spiro atoms. The number of rotatable bonds is 2. The van der Waals surface area contributed by atoms with Crippen LogP contribution < -0.4 is 21.0 Å². The Labute approximate surface area is 104 Å². The first-order chi connectivity index (χ1) is 8.41. The average Bonchev–Trinajstić information content (AvgIpc) is 2.57. The van der Waals surface area contributed by atoms with E-state index in [1.54, 1.807) is 7.05 Å². The third-order valence-electron chi connectivity index (χ3n) is 3.63. The fourth-order valence-electron chi connectivity index (χ4n) is 2.37.